The Hall–Kier alpha value is -1.70. The molecule has 1 aromatic carbocycles. The fourth-order valence-corrected chi connectivity index (χ4v) is 0.818. The van der Waals surface area contributed by atoms with E-state index in [9.17, 15) is 0 Å². The normalized spacial score (nSPS) is 7.30. The van der Waals surface area contributed by atoms with Crippen LogP contribution in [0.4, 0.5) is 0 Å². The number of benzene rings is 1. The Balaban J connectivity index is -0.000000220. The quantitative estimate of drug-likeness (QED) is 0.819. The maximum atomic E-state index is 3.69. The van der Waals surface area contributed by atoms with E-state index in [2.05, 4.69) is 56.7 Å². The summed E-state index contributed by atoms with van der Waals surface area (Å²) in [7, 11) is 1.84. The lowest BCUT2D eigenvalue weighted by Gasteiger charge is -2.01. The monoisotopic (exact) mass is 278 g/mol. The highest BCUT2D eigenvalue weighted by molar-refractivity contribution is 5.11. The van der Waals surface area contributed by atoms with Gasteiger partial charge in [0.25, 0.3) is 0 Å². The van der Waals surface area contributed by atoms with Crippen LogP contribution in [-0.4, -0.2) is 13.6 Å². The maximum absolute atomic E-state index is 3.69. The van der Waals surface area contributed by atoms with E-state index < -0.39 is 0 Å². The van der Waals surface area contributed by atoms with Crippen LogP contribution in [0.2, 0.25) is 0 Å². The van der Waals surface area contributed by atoms with Gasteiger partial charge in [0.15, 0.2) is 0 Å². The van der Waals surface area contributed by atoms with Gasteiger partial charge in [0.05, 0.1) is 6.54 Å². The Morgan fingerprint density at radius 1 is 1.15 bits per heavy atom. The van der Waals surface area contributed by atoms with Crippen molar-refractivity contribution in [2.75, 3.05) is 13.6 Å². The Morgan fingerprint density at radius 2 is 1.60 bits per heavy atom. The second-order valence-corrected chi connectivity index (χ2v) is 3.80. The Morgan fingerprint density at radius 3 is 1.85 bits per heavy atom. The van der Waals surface area contributed by atoms with Crippen molar-refractivity contribution in [2.24, 2.45) is 0 Å². The highest BCUT2D eigenvalue weighted by Crippen LogP contribution is 1.92. The van der Waals surface area contributed by atoms with Crippen molar-refractivity contribution in [3.8, 4) is 0 Å². The second-order valence-electron chi connectivity index (χ2n) is 3.80. The molecule has 20 heavy (non-hydrogen) atoms. The number of rotatable bonds is 4. The molecule has 0 saturated heterocycles. The summed E-state index contributed by atoms with van der Waals surface area (Å²) in [5.74, 6) is 0. The van der Waals surface area contributed by atoms with Gasteiger partial charge in [0.2, 0.25) is 0 Å². The highest BCUT2D eigenvalue weighted by atomic mass is 14.9. The summed E-state index contributed by atoms with van der Waals surface area (Å²) >= 11 is 0. The van der Waals surface area contributed by atoms with E-state index in [4.69, 9.17) is 0 Å². The molecule has 0 aliphatic heterocycles. The summed E-state index contributed by atoms with van der Waals surface area (Å²) in [6, 6.07) is 10.3. The van der Waals surface area contributed by atoms with Gasteiger partial charge in [-0.25, -0.2) is 0 Å². The van der Waals surface area contributed by atoms with E-state index >= 15 is 0 Å². The van der Waals surface area contributed by atoms with Crippen LogP contribution in [0.1, 0.15) is 39.7 Å². The van der Waals surface area contributed by atoms with Gasteiger partial charge in [-0.3, -0.25) is 0 Å². The molecule has 0 spiro atoms. The van der Waals surface area contributed by atoms with Gasteiger partial charge in [0.1, 0.15) is 0 Å². The maximum Gasteiger partial charge on any atom is 0.0536 e. The molecule has 1 rings (SSSR count). The average molecular weight is 278 g/mol. The predicted molar refractivity (Wildman–Crippen MR) is 94.9 cm³/mol. The first-order valence-electron chi connectivity index (χ1n) is 7.33. The number of hydrogen-bond donors (Lipinski definition) is 2. The molecule has 0 radical (unpaired) electrons. The van der Waals surface area contributed by atoms with Gasteiger partial charge < -0.3 is 10.6 Å². The van der Waals surface area contributed by atoms with Gasteiger partial charge in [-0.05, 0) is 13.1 Å². The van der Waals surface area contributed by atoms with Gasteiger partial charge in [-0.15, -0.1) is 0 Å². The summed E-state index contributed by atoms with van der Waals surface area (Å²) in [5, 5.41) is 5.80. The van der Waals surface area contributed by atoms with Crippen molar-refractivity contribution < 1.29 is 0 Å². The molecule has 2 nitrogen and oxygen atoms in total. The van der Waals surface area contributed by atoms with Crippen LogP contribution in [-0.2, 0) is 0 Å². The zero-order valence-electron chi connectivity index (χ0n) is 14.3. The summed E-state index contributed by atoms with van der Waals surface area (Å²) in [5.41, 5.74) is 2.28. The van der Waals surface area contributed by atoms with E-state index in [1.54, 1.807) is 6.20 Å². The lowest BCUT2D eigenvalue weighted by Crippen LogP contribution is -2.17. The molecule has 0 unspecified atom stereocenters. The molecule has 116 valence electrons. The average Bonchev–Trinajstić information content (AvgIpc) is 2.49. The van der Waals surface area contributed by atoms with E-state index in [0.29, 0.717) is 0 Å². The molecular formula is C18H34N2. The number of aryl methyl sites for hydroxylation is 1. The van der Waals surface area contributed by atoms with E-state index in [-0.39, 0.29) is 0 Å². The van der Waals surface area contributed by atoms with Crippen LogP contribution in [0, 0.1) is 6.92 Å². The van der Waals surface area contributed by atoms with Crippen LogP contribution in [0.3, 0.4) is 0 Å². The van der Waals surface area contributed by atoms with E-state index in [1.165, 1.54) is 12.0 Å². The third kappa shape index (κ3) is 25.2. The van der Waals surface area contributed by atoms with E-state index in [0.717, 1.165) is 12.2 Å². The fourth-order valence-electron chi connectivity index (χ4n) is 0.818. The largest absolute Gasteiger partial charge is 0.390 e. The Kier molecular flexibility index (Phi) is 26.3. The van der Waals surface area contributed by atoms with Gasteiger partial charge in [-0.2, -0.15) is 0 Å². The number of likely N-dealkylation sites (N-methyl/N-ethyl adjacent to an activating group) is 1. The molecule has 0 heterocycles. The first kappa shape index (κ1) is 23.4. The molecule has 0 aliphatic rings. The molecule has 0 fully saturated rings. The minimum Gasteiger partial charge on any atom is -0.390 e. The fraction of sp³-hybridized carbons (Fsp3) is 0.444. The molecule has 0 atom stereocenters. The summed E-state index contributed by atoms with van der Waals surface area (Å²) < 4.78 is 0. The van der Waals surface area contributed by atoms with Crippen molar-refractivity contribution in [1.29, 1.82) is 0 Å². The first-order valence-corrected chi connectivity index (χ1v) is 7.33. The molecule has 2 heteroatoms. The molecule has 2 N–H and O–H groups in total. The smallest absolute Gasteiger partial charge is 0.0536 e. The minimum absolute atomic E-state index is 0.750. The lowest BCUT2D eigenvalue weighted by atomic mass is 10.2. The SMILES string of the molecule is C=CNCC(=C)NC.CC.CCC.Cc1ccccc1. The lowest BCUT2D eigenvalue weighted by molar-refractivity contribution is 0.850. The molecule has 0 saturated carbocycles. The summed E-state index contributed by atoms with van der Waals surface area (Å²) in [6.07, 6.45) is 2.89. The van der Waals surface area contributed by atoms with Crippen LogP contribution in [0.25, 0.3) is 0 Å². The third-order valence-corrected chi connectivity index (χ3v) is 1.75. The highest BCUT2D eigenvalue weighted by Gasteiger charge is 1.81. The number of hydrogen-bond acceptors (Lipinski definition) is 2. The molecule has 0 aliphatic carbocycles. The predicted octanol–water partition coefficient (Wildman–Crippen LogP) is 4.89. The first-order chi connectivity index (χ1) is 9.62. The standard InChI is InChI=1S/C7H8.C6H12N2.C3H8.C2H6/c1-7-5-3-2-4-6-7;1-4-8-5-6(2)7-3;1-3-2;1-2/h2-6H,1H3;4,7-8H,1-2,5H2,3H3;3H2,1-2H3;1-2H3. The molecule has 0 amide bonds. The number of nitrogens with one attached hydrogen (secondary N) is 2. The van der Waals surface area contributed by atoms with Gasteiger partial charge in [0, 0.05) is 12.7 Å². The van der Waals surface area contributed by atoms with Crippen molar-refractivity contribution in [1.82, 2.24) is 10.6 Å². The van der Waals surface area contributed by atoms with Gasteiger partial charge >= 0.3 is 0 Å². The topological polar surface area (TPSA) is 24.1 Å². The summed E-state index contributed by atoms with van der Waals surface area (Å²) in [4.78, 5) is 0. The molecule has 1 aromatic rings. The minimum atomic E-state index is 0.750. The molecule has 0 bridgehead atoms. The van der Waals surface area contributed by atoms with Crippen LogP contribution in [0.5, 0.6) is 0 Å². The van der Waals surface area contributed by atoms with E-state index in [1.807, 2.05) is 39.1 Å². The van der Waals surface area contributed by atoms with Crippen LogP contribution < -0.4 is 10.6 Å². The second kappa shape index (κ2) is 22.5. The third-order valence-electron chi connectivity index (χ3n) is 1.75. The van der Waals surface area contributed by atoms with Crippen molar-refractivity contribution in [3.05, 3.63) is 61.0 Å². The molecule has 0 aromatic heterocycles. The summed E-state index contributed by atoms with van der Waals surface area (Å²) in [6.45, 7) is 18.3. The Labute approximate surface area is 127 Å². The van der Waals surface area contributed by atoms with Crippen molar-refractivity contribution >= 4 is 0 Å². The van der Waals surface area contributed by atoms with Crippen LogP contribution in [0.15, 0.2) is 55.4 Å². The van der Waals surface area contributed by atoms with Crippen molar-refractivity contribution in [3.63, 3.8) is 0 Å². The van der Waals surface area contributed by atoms with Gasteiger partial charge in [-0.1, -0.05) is 83.2 Å². The zero-order valence-corrected chi connectivity index (χ0v) is 14.3. The van der Waals surface area contributed by atoms with Crippen LogP contribution >= 0.6 is 0 Å². The Bertz CT molecular complexity index is 292. The molecular weight excluding hydrogens is 244 g/mol. The zero-order chi connectivity index (χ0) is 16.2. The van der Waals surface area contributed by atoms with Crippen molar-refractivity contribution in [2.45, 2.75) is 41.0 Å².